The number of halogens is 1. The minimum absolute atomic E-state index is 0.00100. The van der Waals surface area contributed by atoms with Crippen molar-refractivity contribution in [2.24, 2.45) is 0 Å². The molecule has 0 aromatic heterocycles. The number of amides is 1. The van der Waals surface area contributed by atoms with Gasteiger partial charge in [-0.05, 0) is 54.8 Å². The number of nitrogens with one attached hydrogen (secondary N) is 1. The molecule has 1 heterocycles. The molecule has 2 unspecified atom stereocenters. The van der Waals surface area contributed by atoms with Crippen LogP contribution in [0.2, 0.25) is 0 Å². The van der Waals surface area contributed by atoms with E-state index >= 15 is 0 Å². The first-order valence-corrected chi connectivity index (χ1v) is 8.03. The van der Waals surface area contributed by atoms with E-state index in [1.165, 1.54) is 0 Å². The summed E-state index contributed by atoms with van der Waals surface area (Å²) in [5.41, 5.74) is 0.712. The molecule has 4 heteroatoms. The van der Waals surface area contributed by atoms with E-state index in [-0.39, 0.29) is 18.1 Å². The number of hydrogen-bond donors (Lipinski definition) is 1. The maximum absolute atomic E-state index is 12.4. The van der Waals surface area contributed by atoms with Crippen LogP contribution in [0, 0.1) is 0 Å². The van der Waals surface area contributed by atoms with Crippen LogP contribution in [0.25, 0.3) is 10.8 Å². The van der Waals surface area contributed by atoms with E-state index < -0.39 is 0 Å². The normalized spacial score (nSPS) is 22.2. The topological polar surface area (TPSA) is 38.3 Å². The molecule has 0 radical (unpaired) electrons. The molecule has 1 saturated heterocycles. The third-order valence-electron chi connectivity index (χ3n) is 3.88. The summed E-state index contributed by atoms with van der Waals surface area (Å²) in [6.45, 7) is 2.77. The van der Waals surface area contributed by atoms with Gasteiger partial charge in [-0.1, -0.05) is 28.1 Å². The predicted molar refractivity (Wildman–Crippen MR) is 87.6 cm³/mol. The first-order valence-electron chi connectivity index (χ1n) is 7.23. The lowest BCUT2D eigenvalue weighted by Crippen LogP contribution is -2.41. The van der Waals surface area contributed by atoms with Crippen LogP contribution in [0.5, 0.6) is 0 Å². The SMILES string of the molecule is CC1CC(NC(=O)c2ccc3cc(Br)ccc3c2)CCO1. The largest absolute Gasteiger partial charge is 0.378 e. The Bertz CT molecular complexity index is 671. The monoisotopic (exact) mass is 347 g/mol. The standard InChI is InChI=1S/C17H18BrNO2/c1-11-8-16(6-7-21-11)19-17(20)14-3-2-13-10-15(18)5-4-12(13)9-14/h2-5,9-11,16H,6-8H2,1H3,(H,19,20). The highest BCUT2D eigenvalue weighted by molar-refractivity contribution is 9.10. The smallest absolute Gasteiger partial charge is 0.251 e. The highest BCUT2D eigenvalue weighted by Gasteiger charge is 2.21. The molecule has 1 aliphatic heterocycles. The van der Waals surface area contributed by atoms with Gasteiger partial charge >= 0.3 is 0 Å². The van der Waals surface area contributed by atoms with E-state index in [4.69, 9.17) is 4.74 Å². The van der Waals surface area contributed by atoms with E-state index in [1.54, 1.807) is 0 Å². The van der Waals surface area contributed by atoms with Gasteiger partial charge in [-0.15, -0.1) is 0 Å². The van der Waals surface area contributed by atoms with Crippen LogP contribution in [-0.2, 0) is 4.74 Å². The van der Waals surface area contributed by atoms with Gasteiger partial charge in [0.1, 0.15) is 0 Å². The van der Waals surface area contributed by atoms with Crippen molar-refractivity contribution >= 4 is 32.6 Å². The van der Waals surface area contributed by atoms with Crippen molar-refractivity contribution in [1.29, 1.82) is 0 Å². The number of carbonyl (C=O) groups is 1. The maximum atomic E-state index is 12.4. The molecule has 0 bridgehead atoms. The van der Waals surface area contributed by atoms with E-state index in [1.807, 2.05) is 37.3 Å². The molecule has 1 aliphatic rings. The third kappa shape index (κ3) is 3.44. The van der Waals surface area contributed by atoms with Gasteiger partial charge in [-0.25, -0.2) is 0 Å². The summed E-state index contributed by atoms with van der Waals surface area (Å²) in [5, 5.41) is 5.31. The predicted octanol–water partition coefficient (Wildman–Crippen LogP) is 3.90. The number of hydrogen-bond acceptors (Lipinski definition) is 2. The van der Waals surface area contributed by atoms with Gasteiger partial charge in [-0.2, -0.15) is 0 Å². The summed E-state index contributed by atoms with van der Waals surface area (Å²) in [6.07, 6.45) is 1.99. The quantitative estimate of drug-likeness (QED) is 0.894. The Labute approximate surface area is 132 Å². The second kappa shape index (κ2) is 6.16. The molecular weight excluding hydrogens is 330 g/mol. The molecule has 2 aromatic rings. The average molecular weight is 348 g/mol. The van der Waals surface area contributed by atoms with Gasteiger partial charge in [0.05, 0.1) is 6.10 Å². The van der Waals surface area contributed by atoms with Crippen molar-refractivity contribution < 1.29 is 9.53 Å². The zero-order chi connectivity index (χ0) is 14.8. The Kier molecular flexibility index (Phi) is 4.27. The number of carbonyl (C=O) groups excluding carboxylic acids is 1. The average Bonchev–Trinajstić information content (AvgIpc) is 2.46. The van der Waals surface area contributed by atoms with E-state index in [9.17, 15) is 4.79 Å². The van der Waals surface area contributed by atoms with Gasteiger partial charge in [0, 0.05) is 22.7 Å². The van der Waals surface area contributed by atoms with Crippen LogP contribution in [0.3, 0.4) is 0 Å². The number of ether oxygens (including phenoxy) is 1. The van der Waals surface area contributed by atoms with Crippen LogP contribution in [0.4, 0.5) is 0 Å². The molecule has 110 valence electrons. The molecule has 3 nitrogen and oxygen atoms in total. The van der Waals surface area contributed by atoms with Gasteiger partial charge in [0.2, 0.25) is 0 Å². The second-order valence-electron chi connectivity index (χ2n) is 5.58. The maximum Gasteiger partial charge on any atom is 0.251 e. The van der Waals surface area contributed by atoms with E-state index in [0.29, 0.717) is 5.56 Å². The number of rotatable bonds is 2. The Balaban J connectivity index is 1.76. The molecule has 2 aromatic carbocycles. The summed E-state index contributed by atoms with van der Waals surface area (Å²) in [7, 11) is 0. The summed E-state index contributed by atoms with van der Waals surface area (Å²) in [6, 6.07) is 12.1. The van der Waals surface area contributed by atoms with Crippen LogP contribution in [-0.4, -0.2) is 24.7 Å². The number of fused-ring (bicyclic) bond motifs is 1. The van der Waals surface area contributed by atoms with Crippen molar-refractivity contribution in [3.05, 3.63) is 46.4 Å². The summed E-state index contributed by atoms with van der Waals surface area (Å²) >= 11 is 3.46. The molecule has 1 N–H and O–H groups in total. The Morgan fingerprint density at radius 1 is 1.24 bits per heavy atom. The molecular formula is C17H18BrNO2. The third-order valence-corrected chi connectivity index (χ3v) is 4.38. The highest BCUT2D eigenvalue weighted by Crippen LogP contribution is 2.21. The summed E-state index contributed by atoms with van der Waals surface area (Å²) in [4.78, 5) is 12.4. The van der Waals surface area contributed by atoms with Crippen LogP contribution in [0.15, 0.2) is 40.9 Å². The van der Waals surface area contributed by atoms with Crippen molar-refractivity contribution in [3.8, 4) is 0 Å². The lowest BCUT2D eigenvalue weighted by atomic mass is 10.0. The Hall–Kier alpha value is -1.39. The second-order valence-corrected chi connectivity index (χ2v) is 6.50. The first-order chi connectivity index (χ1) is 10.1. The minimum Gasteiger partial charge on any atom is -0.378 e. The highest BCUT2D eigenvalue weighted by atomic mass is 79.9. The van der Waals surface area contributed by atoms with Crippen molar-refractivity contribution in [2.45, 2.75) is 31.9 Å². The lowest BCUT2D eigenvalue weighted by molar-refractivity contribution is 0.0136. The molecule has 1 fully saturated rings. The van der Waals surface area contributed by atoms with Crippen LogP contribution < -0.4 is 5.32 Å². The fourth-order valence-corrected chi connectivity index (χ4v) is 3.13. The lowest BCUT2D eigenvalue weighted by Gasteiger charge is -2.28. The summed E-state index contributed by atoms with van der Waals surface area (Å²) in [5.74, 6) is -0.00100. The fourth-order valence-electron chi connectivity index (χ4n) is 2.76. The van der Waals surface area contributed by atoms with Crippen LogP contribution >= 0.6 is 15.9 Å². The van der Waals surface area contributed by atoms with Gasteiger partial charge in [0.25, 0.3) is 5.91 Å². The first kappa shape index (κ1) is 14.5. The Morgan fingerprint density at radius 3 is 2.81 bits per heavy atom. The molecule has 0 aliphatic carbocycles. The van der Waals surface area contributed by atoms with Crippen molar-refractivity contribution in [1.82, 2.24) is 5.32 Å². The molecule has 21 heavy (non-hydrogen) atoms. The molecule has 1 amide bonds. The zero-order valence-corrected chi connectivity index (χ0v) is 13.5. The van der Waals surface area contributed by atoms with Gasteiger partial charge in [0.15, 0.2) is 0 Å². The number of benzene rings is 2. The van der Waals surface area contributed by atoms with Gasteiger partial charge < -0.3 is 10.1 Å². The Morgan fingerprint density at radius 2 is 2.00 bits per heavy atom. The van der Waals surface area contributed by atoms with Crippen molar-refractivity contribution in [3.63, 3.8) is 0 Å². The zero-order valence-electron chi connectivity index (χ0n) is 11.9. The minimum atomic E-state index is -0.00100. The van der Waals surface area contributed by atoms with E-state index in [0.717, 1.165) is 34.7 Å². The molecule has 0 saturated carbocycles. The van der Waals surface area contributed by atoms with E-state index in [2.05, 4.69) is 27.3 Å². The molecule has 2 atom stereocenters. The van der Waals surface area contributed by atoms with Crippen LogP contribution in [0.1, 0.15) is 30.1 Å². The summed E-state index contributed by atoms with van der Waals surface area (Å²) < 4.78 is 6.55. The van der Waals surface area contributed by atoms with Crippen molar-refractivity contribution in [2.75, 3.05) is 6.61 Å². The van der Waals surface area contributed by atoms with Gasteiger partial charge in [-0.3, -0.25) is 4.79 Å². The molecule has 0 spiro atoms. The fraction of sp³-hybridized carbons (Fsp3) is 0.353. The molecule has 3 rings (SSSR count).